The molecule has 8 heteroatoms. The lowest BCUT2D eigenvalue weighted by molar-refractivity contribution is -0.124. The molecule has 1 saturated carbocycles. The molecule has 2 heterocycles. The van der Waals surface area contributed by atoms with Crippen molar-refractivity contribution in [3.8, 4) is 28.3 Å². The molecule has 39 heavy (non-hydrogen) atoms. The first-order chi connectivity index (χ1) is 18.5. The highest BCUT2D eigenvalue weighted by molar-refractivity contribution is 6.03. The summed E-state index contributed by atoms with van der Waals surface area (Å²) >= 11 is 0. The standard InChI is InChI=1S/C31H33N3O5/c1-20(35)18-34-25-17-24(21-9-6-5-7-10-21)27(32-28(25)38-19-26(34)36)22-11-13-23(14-12-22)31(15-8-16-31)33-29(37)39-30(2,3)4/h5-7,9-14,17H,8,15-16,18-19H2,1-4H3,(H,33,37). The van der Waals surface area contributed by atoms with E-state index in [0.717, 1.165) is 41.5 Å². The highest BCUT2D eigenvalue weighted by atomic mass is 16.6. The van der Waals surface area contributed by atoms with Crippen molar-refractivity contribution in [1.29, 1.82) is 0 Å². The maximum absolute atomic E-state index is 12.6. The molecular formula is C31H33N3O5. The Balaban J connectivity index is 1.53. The molecule has 1 aliphatic carbocycles. The van der Waals surface area contributed by atoms with E-state index < -0.39 is 17.2 Å². The Morgan fingerprint density at radius 3 is 2.33 bits per heavy atom. The van der Waals surface area contributed by atoms with Gasteiger partial charge in [0.2, 0.25) is 5.88 Å². The van der Waals surface area contributed by atoms with Gasteiger partial charge in [-0.15, -0.1) is 0 Å². The molecule has 1 aliphatic heterocycles. The minimum absolute atomic E-state index is 0.0358. The molecule has 2 aromatic carbocycles. The second-order valence-electron chi connectivity index (χ2n) is 11.2. The minimum atomic E-state index is -0.572. The third-order valence-corrected chi connectivity index (χ3v) is 7.02. The summed E-state index contributed by atoms with van der Waals surface area (Å²) in [5.41, 5.74) is 3.78. The SMILES string of the molecule is CC(=O)CN1C(=O)COc2nc(-c3ccc(C4(NC(=O)OC(C)(C)C)CCC4)cc3)c(-c3ccccc3)cc21. The van der Waals surface area contributed by atoms with Crippen molar-refractivity contribution in [2.75, 3.05) is 18.1 Å². The van der Waals surface area contributed by atoms with E-state index in [1.54, 1.807) is 0 Å². The number of hydrogen-bond acceptors (Lipinski definition) is 6. The lowest BCUT2D eigenvalue weighted by atomic mass is 9.71. The van der Waals surface area contributed by atoms with Crippen LogP contribution in [0.25, 0.3) is 22.4 Å². The monoisotopic (exact) mass is 527 g/mol. The molecule has 5 rings (SSSR count). The average Bonchev–Trinajstić information content (AvgIpc) is 2.87. The smallest absolute Gasteiger partial charge is 0.408 e. The van der Waals surface area contributed by atoms with Crippen LogP contribution in [0.5, 0.6) is 5.88 Å². The Kier molecular flexibility index (Phi) is 6.89. The van der Waals surface area contributed by atoms with Crippen molar-refractivity contribution in [3.05, 3.63) is 66.2 Å². The molecular weight excluding hydrogens is 494 g/mol. The summed E-state index contributed by atoms with van der Waals surface area (Å²) in [4.78, 5) is 43.4. The van der Waals surface area contributed by atoms with Crippen LogP contribution in [-0.2, 0) is 19.9 Å². The number of aromatic nitrogens is 1. The van der Waals surface area contributed by atoms with Gasteiger partial charge in [0.1, 0.15) is 17.1 Å². The molecule has 1 fully saturated rings. The molecule has 3 aromatic rings. The van der Waals surface area contributed by atoms with E-state index in [2.05, 4.69) is 5.32 Å². The van der Waals surface area contributed by atoms with E-state index in [4.69, 9.17) is 14.5 Å². The van der Waals surface area contributed by atoms with Crippen molar-refractivity contribution >= 4 is 23.5 Å². The molecule has 2 amide bonds. The molecule has 0 radical (unpaired) electrons. The van der Waals surface area contributed by atoms with Crippen molar-refractivity contribution in [2.24, 2.45) is 0 Å². The fourth-order valence-corrected chi connectivity index (χ4v) is 5.04. The third kappa shape index (κ3) is 5.50. The largest absolute Gasteiger partial charge is 0.466 e. The summed E-state index contributed by atoms with van der Waals surface area (Å²) < 4.78 is 11.2. The highest BCUT2D eigenvalue weighted by Gasteiger charge is 2.41. The summed E-state index contributed by atoms with van der Waals surface area (Å²) in [7, 11) is 0. The number of ether oxygens (including phenoxy) is 2. The van der Waals surface area contributed by atoms with Gasteiger partial charge in [0.05, 0.1) is 17.8 Å². The van der Waals surface area contributed by atoms with Gasteiger partial charge < -0.3 is 14.8 Å². The zero-order valence-electron chi connectivity index (χ0n) is 22.7. The first kappa shape index (κ1) is 26.4. The number of nitrogens with zero attached hydrogens (tertiary/aromatic N) is 2. The van der Waals surface area contributed by atoms with Crippen LogP contribution in [-0.4, -0.2) is 41.5 Å². The van der Waals surface area contributed by atoms with Gasteiger partial charge in [-0.2, -0.15) is 0 Å². The van der Waals surface area contributed by atoms with Gasteiger partial charge in [-0.1, -0.05) is 54.6 Å². The van der Waals surface area contributed by atoms with Crippen LogP contribution < -0.4 is 15.0 Å². The highest BCUT2D eigenvalue weighted by Crippen LogP contribution is 2.44. The van der Waals surface area contributed by atoms with E-state index in [1.807, 2.05) is 81.4 Å². The van der Waals surface area contributed by atoms with Gasteiger partial charge >= 0.3 is 6.09 Å². The molecule has 0 atom stereocenters. The molecule has 0 unspecified atom stereocenters. The van der Waals surface area contributed by atoms with Crippen LogP contribution in [0.2, 0.25) is 0 Å². The van der Waals surface area contributed by atoms with E-state index in [0.29, 0.717) is 17.3 Å². The van der Waals surface area contributed by atoms with Crippen molar-refractivity contribution in [3.63, 3.8) is 0 Å². The molecule has 8 nitrogen and oxygen atoms in total. The second kappa shape index (κ2) is 10.2. The Morgan fingerprint density at radius 2 is 1.74 bits per heavy atom. The molecule has 0 spiro atoms. The van der Waals surface area contributed by atoms with E-state index in [-0.39, 0.29) is 24.8 Å². The number of pyridine rings is 1. The van der Waals surface area contributed by atoms with Crippen LogP contribution in [0.4, 0.5) is 10.5 Å². The molecule has 2 aliphatic rings. The number of amides is 2. The number of anilines is 1. The van der Waals surface area contributed by atoms with E-state index in [1.165, 1.54) is 11.8 Å². The fourth-order valence-electron chi connectivity index (χ4n) is 5.04. The quantitative estimate of drug-likeness (QED) is 0.446. The predicted octanol–water partition coefficient (Wildman–Crippen LogP) is 5.63. The first-order valence-electron chi connectivity index (χ1n) is 13.2. The maximum atomic E-state index is 12.6. The average molecular weight is 528 g/mol. The number of rotatable bonds is 6. The summed E-state index contributed by atoms with van der Waals surface area (Å²) in [5, 5.41) is 3.10. The van der Waals surface area contributed by atoms with Gasteiger partial charge in [0.25, 0.3) is 5.91 Å². The predicted molar refractivity (Wildman–Crippen MR) is 149 cm³/mol. The number of fused-ring (bicyclic) bond motifs is 1. The van der Waals surface area contributed by atoms with Crippen LogP contribution in [0.3, 0.4) is 0 Å². The van der Waals surface area contributed by atoms with Crippen LogP contribution in [0.15, 0.2) is 60.7 Å². The maximum Gasteiger partial charge on any atom is 0.408 e. The van der Waals surface area contributed by atoms with Crippen LogP contribution >= 0.6 is 0 Å². The van der Waals surface area contributed by atoms with E-state index >= 15 is 0 Å². The number of nitrogens with one attached hydrogen (secondary N) is 1. The van der Waals surface area contributed by atoms with Gasteiger partial charge in [0, 0.05) is 11.1 Å². The number of hydrogen-bond donors (Lipinski definition) is 1. The number of alkyl carbamates (subject to hydrolysis) is 1. The first-order valence-corrected chi connectivity index (χ1v) is 13.2. The number of ketones is 1. The van der Waals surface area contributed by atoms with Crippen molar-refractivity contribution in [2.45, 2.75) is 58.1 Å². The van der Waals surface area contributed by atoms with Gasteiger partial charge in [-0.05, 0) is 64.2 Å². The normalized spacial score (nSPS) is 16.0. The summed E-state index contributed by atoms with van der Waals surface area (Å²) in [6, 6.07) is 19.7. The topological polar surface area (TPSA) is 97.8 Å². The van der Waals surface area contributed by atoms with Crippen molar-refractivity contribution in [1.82, 2.24) is 10.3 Å². The Morgan fingerprint density at radius 1 is 1.05 bits per heavy atom. The lowest BCUT2D eigenvalue weighted by Gasteiger charge is -2.43. The molecule has 1 aromatic heterocycles. The number of benzene rings is 2. The van der Waals surface area contributed by atoms with E-state index in [9.17, 15) is 14.4 Å². The number of carbonyl (C=O) groups excluding carboxylic acids is 3. The fraction of sp³-hybridized carbons (Fsp3) is 0.355. The Hall–Kier alpha value is -4.20. The molecule has 0 bridgehead atoms. The number of Topliss-reactive ketones (excluding diaryl/α,β-unsaturated/α-hetero) is 1. The van der Waals surface area contributed by atoms with Gasteiger partial charge in [0.15, 0.2) is 6.61 Å². The van der Waals surface area contributed by atoms with Crippen LogP contribution in [0.1, 0.15) is 52.5 Å². The Labute approximate surface area is 228 Å². The summed E-state index contributed by atoms with van der Waals surface area (Å²) in [5.74, 6) is -0.0856. The van der Waals surface area contributed by atoms with Crippen LogP contribution in [0, 0.1) is 0 Å². The third-order valence-electron chi connectivity index (χ3n) is 7.02. The molecule has 1 N–H and O–H groups in total. The molecule has 202 valence electrons. The molecule has 0 saturated heterocycles. The van der Waals surface area contributed by atoms with Crippen molar-refractivity contribution < 1.29 is 23.9 Å². The zero-order valence-corrected chi connectivity index (χ0v) is 22.7. The van der Waals surface area contributed by atoms with Gasteiger partial charge in [-0.25, -0.2) is 9.78 Å². The number of carbonyl (C=O) groups is 3. The summed E-state index contributed by atoms with van der Waals surface area (Å²) in [6.45, 7) is 6.80. The zero-order chi connectivity index (χ0) is 27.8. The lowest BCUT2D eigenvalue weighted by Crippen LogP contribution is -2.52. The van der Waals surface area contributed by atoms with Gasteiger partial charge in [-0.3, -0.25) is 14.5 Å². The second-order valence-corrected chi connectivity index (χ2v) is 11.2. The minimum Gasteiger partial charge on any atom is -0.466 e. The Bertz CT molecular complexity index is 1410. The summed E-state index contributed by atoms with van der Waals surface area (Å²) in [6.07, 6.45) is 2.28.